The van der Waals surface area contributed by atoms with Crippen LogP contribution in [0.15, 0.2) is 56.8 Å². The summed E-state index contributed by atoms with van der Waals surface area (Å²) in [5, 5.41) is 10.7. The van der Waals surface area contributed by atoms with E-state index in [4.69, 9.17) is 20.8 Å². The van der Waals surface area contributed by atoms with Crippen LogP contribution >= 0.6 is 11.6 Å². The summed E-state index contributed by atoms with van der Waals surface area (Å²) in [6, 6.07) is 6.18. The number of ether oxygens (including phenoxy) is 1. The van der Waals surface area contributed by atoms with Crippen LogP contribution in [0.2, 0.25) is 5.02 Å². The van der Waals surface area contributed by atoms with Gasteiger partial charge in [-0.1, -0.05) is 24.6 Å². The molecule has 1 saturated carbocycles. The largest absolute Gasteiger partial charge is 0.495 e. The Morgan fingerprint density at radius 3 is 2.71 bits per heavy atom. The van der Waals surface area contributed by atoms with Crippen molar-refractivity contribution in [2.24, 2.45) is 0 Å². The van der Waals surface area contributed by atoms with Gasteiger partial charge in [-0.05, 0) is 54.7 Å². The number of nitrogens with one attached hydrogen (secondary N) is 2. The Labute approximate surface area is 222 Å². The topological polar surface area (TPSA) is 132 Å². The average molecular weight is 562 g/mol. The van der Waals surface area contributed by atoms with Gasteiger partial charge in [-0.2, -0.15) is 9.82 Å². The van der Waals surface area contributed by atoms with E-state index in [1.54, 1.807) is 26.1 Å². The molecule has 2 atom stereocenters. The number of nitrogens with zero attached hydrogens (tertiary/aromatic N) is 3. The van der Waals surface area contributed by atoms with Gasteiger partial charge in [0.05, 0.1) is 19.3 Å². The van der Waals surface area contributed by atoms with Crippen molar-refractivity contribution in [2.75, 3.05) is 7.11 Å². The molecule has 5 rings (SSSR count). The van der Waals surface area contributed by atoms with Gasteiger partial charge in [-0.15, -0.1) is 5.10 Å². The van der Waals surface area contributed by atoms with Crippen LogP contribution in [0.1, 0.15) is 54.8 Å². The molecule has 0 radical (unpaired) electrons. The summed E-state index contributed by atoms with van der Waals surface area (Å²) in [5.41, 5.74) is 2.41. The smallest absolute Gasteiger partial charge is 0.434 e. The number of H-pyrrole nitrogens is 1. The van der Waals surface area contributed by atoms with Gasteiger partial charge in [0, 0.05) is 28.8 Å². The Hall–Kier alpha value is -3.48. The van der Waals surface area contributed by atoms with E-state index in [0.717, 1.165) is 24.0 Å². The molecule has 1 fully saturated rings. The zero-order valence-electron chi connectivity index (χ0n) is 20.7. The lowest BCUT2D eigenvalue weighted by Crippen LogP contribution is -2.33. The van der Waals surface area contributed by atoms with Gasteiger partial charge in [0.2, 0.25) is 15.9 Å². The maximum atomic E-state index is 15.4. The molecule has 0 saturated heterocycles. The molecule has 1 aliphatic rings. The van der Waals surface area contributed by atoms with Crippen LogP contribution in [0.25, 0.3) is 11.1 Å². The minimum Gasteiger partial charge on any atom is -0.495 e. The number of sulfonamides is 1. The molecule has 0 amide bonds. The van der Waals surface area contributed by atoms with E-state index in [0.29, 0.717) is 11.6 Å². The average Bonchev–Trinajstić information content (AvgIpc) is 3.45. The molecule has 2 N–H and O–H groups in total. The van der Waals surface area contributed by atoms with E-state index in [1.165, 1.54) is 31.4 Å². The Balaban J connectivity index is 1.57. The molecular formula is C25H25ClFN5O5S. The van der Waals surface area contributed by atoms with Crippen molar-refractivity contribution in [1.82, 2.24) is 24.7 Å². The second kappa shape index (κ2) is 10.0. The first-order valence-electron chi connectivity index (χ1n) is 11.8. The molecule has 2 aromatic heterocycles. The molecule has 2 aromatic carbocycles. The Kier molecular flexibility index (Phi) is 6.88. The summed E-state index contributed by atoms with van der Waals surface area (Å²) in [6.45, 7) is 3.39. The molecule has 0 bridgehead atoms. The molecule has 0 unspecified atom stereocenters. The van der Waals surface area contributed by atoms with Crippen LogP contribution in [0.4, 0.5) is 4.39 Å². The van der Waals surface area contributed by atoms with Crippen LogP contribution in [-0.2, 0) is 10.0 Å². The zero-order chi connectivity index (χ0) is 27.2. The molecule has 200 valence electrons. The SMILES string of the molecule is COc1cc(Cl)ccc1S(=O)(=O)N[C@H](c1n[nH]c(=O)o1)[C@H](C)c1c(F)ccc(-c2cnn(C3CC3)c2)c1C. The van der Waals surface area contributed by atoms with Gasteiger partial charge in [0.25, 0.3) is 0 Å². The van der Waals surface area contributed by atoms with Crippen molar-refractivity contribution >= 4 is 21.6 Å². The molecule has 1 aliphatic carbocycles. The summed E-state index contributed by atoms with van der Waals surface area (Å²) in [6.07, 6.45) is 5.79. The van der Waals surface area contributed by atoms with Crippen molar-refractivity contribution in [1.29, 1.82) is 0 Å². The van der Waals surface area contributed by atoms with Gasteiger partial charge in [0.15, 0.2) is 0 Å². The van der Waals surface area contributed by atoms with Crippen molar-refractivity contribution in [2.45, 2.75) is 49.6 Å². The van der Waals surface area contributed by atoms with E-state index in [2.05, 4.69) is 20.0 Å². The van der Waals surface area contributed by atoms with E-state index in [9.17, 15) is 13.2 Å². The van der Waals surface area contributed by atoms with Crippen LogP contribution in [0.3, 0.4) is 0 Å². The molecule has 13 heteroatoms. The highest BCUT2D eigenvalue weighted by Crippen LogP contribution is 2.40. The summed E-state index contributed by atoms with van der Waals surface area (Å²) < 4.78 is 57.1. The fraction of sp³-hybridized carbons (Fsp3) is 0.320. The summed E-state index contributed by atoms with van der Waals surface area (Å²) in [4.78, 5) is 11.6. The minimum absolute atomic E-state index is 0.0110. The third-order valence-electron chi connectivity index (χ3n) is 6.67. The van der Waals surface area contributed by atoms with Crippen molar-refractivity contribution in [3.63, 3.8) is 0 Å². The molecule has 0 aliphatic heterocycles. The predicted molar refractivity (Wildman–Crippen MR) is 137 cm³/mol. The fourth-order valence-electron chi connectivity index (χ4n) is 4.58. The molecule has 4 aromatic rings. The maximum absolute atomic E-state index is 15.4. The minimum atomic E-state index is -4.28. The van der Waals surface area contributed by atoms with Gasteiger partial charge >= 0.3 is 5.76 Å². The fourth-order valence-corrected chi connectivity index (χ4v) is 6.17. The number of aromatic nitrogens is 4. The third-order valence-corrected chi connectivity index (χ3v) is 8.38. The quantitative estimate of drug-likeness (QED) is 0.307. The van der Waals surface area contributed by atoms with E-state index in [-0.39, 0.29) is 27.1 Å². The third kappa shape index (κ3) is 4.98. The van der Waals surface area contributed by atoms with Crippen LogP contribution < -0.4 is 15.2 Å². The summed E-state index contributed by atoms with van der Waals surface area (Å²) in [5.74, 6) is -2.51. The van der Waals surface area contributed by atoms with E-state index < -0.39 is 33.6 Å². The first-order chi connectivity index (χ1) is 18.1. The standard InChI is InChI=1S/C25H25ClFN5O5S/c1-13-18(15-11-28-32(12-15)17-5-6-17)7-8-19(27)22(13)14(2)23(24-29-30-25(33)37-24)31-38(34,35)21-9-4-16(26)10-20(21)36-3/h4,7-12,14,17,23,31H,5-6H2,1-3H3,(H,30,33)/t14-,23+/m1/s1. The van der Waals surface area contributed by atoms with Gasteiger partial charge in [-0.3, -0.25) is 4.68 Å². The molecule has 0 spiro atoms. The lowest BCUT2D eigenvalue weighted by Gasteiger charge is -2.25. The number of methoxy groups -OCH3 is 1. The number of halogens is 2. The van der Waals surface area contributed by atoms with E-state index >= 15 is 4.39 Å². The summed E-state index contributed by atoms with van der Waals surface area (Å²) >= 11 is 6.00. The number of benzene rings is 2. The van der Waals surface area contributed by atoms with Crippen molar-refractivity contribution in [3.05, 3.63) is 81.1 Å². The van der Waals surface area contributed by atoms with Crippen LogP contribution in [0.5, 0.6) is 5.75 Å². The number of hydrogen-bond acceptors (Lipinski definition) is 7. The highest BCUT2D eigenvalue weighted by atomic mass is 35.5. The highest BCUT2D eigenvalue weighted by Gasteiger charge is 2.35. The first-order valence-corrected chi connectivity index (χ1v) is 13.7. The van der Waals surface area contributed by atoms with Gasteiger partial charge < -0.3 is 9.15 Å². The number of aromatic amines is 1. The Morgan fingerprint density at radius 1 is 1.29 bits per heavy atom. The van der Waals surface area contributed by atoms with Crippen LogP contribution in [0, 0.1) is 12.7 Å². The van der Waals surface area contributed by atoms with Crippen LogP contribution in [-0.4, -0.2) is 35.5 Å². The van der Waals surface area contributed by atoms with E-state index in [1.807, 2.05) is 10.9 Å². The number of hydrogen-bond donors (Lipinski definition) is 2. The van der Waals surface area contributed by atoms with Gasteiger partial charge in [-0.25, -0.2) is 22.7 Å². The first kappa shape index (κ1) is 26.1. The predicted octanol–water partition coefficient (Wildman–Crippen LogP) is 4.49. The zero-order valence-corrected chi connectivity index (χ0v) is 22.3. The molecule has 10 nitrogen and oxygen atoms in total. The lowest BCUT2D eigenvalue weighted by molar-refractivity contribution is 0.374. The van der Waals surface area contributed by atoms with Gasteiger partial charge in [0.1, 0.15) is 22.5 Å². The van der Waals surface area contributed by atoms with Crippen molar-refractivity contribution < 1.29 is 22.0 Å². The normalized spacial score (nSPS) is 15.4. The molecule has 2 heterocycles. The Bertz CT molecular complexity index is 1660. The molecule has 38 heavy (non-hydrogen) atoms. The molecular weight excluding hydrogens is 537 g/mol. The second-order valence-corrected chi connectivity index (χ2v) is 11.3. The van der Waals surface area contributed by atoms with Crippen molar-refractivity contribution in [3.8, 4) is 16.9 Å². The summed E-state index contributed by atoms with van der Waals surface area (Å²) in [7, 11) is -2.97. The monoisotopic (exact) mass is 561 g/mol. The highest BCUT2D eigenvalue weighted by molar-refractivity contribution is 7.89. The Morgan fingerprint density at radius 2 is 2.05 bits per heavy atom. The second-order valence-electron chi connectivity index (χ2n) is 9.21. The number of rotatable bonds is 9. The maximum Gasteiger partial charge on any atom is 0.434 e. The lowest BCUT2D eigenvalue weighted by atomic mass is 9.86.